The molecular weight excluding hydrogens is 170 g/mol. The SMILES string of the molecule is C=C1CCC2CCNC(Cl)C2C1. The molecule has 0 spiro atoms. The zero-order chi connectivity index (χ0) is 8.55. The number of piperidine rings is 1. The van der Waals surface area contributed by atoms with E-state index in [1.807, 2.05) is 0 Å². The van der Waals surface area contributed by atoms with Crippen molar-refractivity contribution in [2.75, 3.05) is 6.54 Å². The summed E-state index contributed by atoms with van der Waals surface area (Å²) in [5.74, 6) is 1.51. The van der Waals surface area contributed by atoms with Crippen molar-refractivity contribution in [2.24, 2.45) is 11.8 Å². The molecule has 1 saturated heterocycles. The van der Waals surface area contributed by atoms with Gasteiger partial charge in [0.1, 0.15) is 0 Å². The number of nitrogens with one attached hydrogen (secondary N) is 1. The maximum atomic E-state index is 6.20. The van der Waals surface area contributed by atoms with Gasteiger partial charge in [-0.1, -0.05) is 12.2 Å². The Bertz CT molecular complexity index is 190. The molecule has 1 nitrogen and oxygen atoms in total. The lowest BCUT2D eigenvalue weighted by molar-refractivity contribution is 0.196. The second kappa shape index (κ2) is 3.39. The average molecular weight is 186 g/mol. The predicted octanol–water partition coefficient (Wildman–Crippen LogP) is 2.52. The van der Waals surface area contributed by atoms with E-state index in [9.17, 15) is 0 Å². The van der Waals surface area contributed by atoms with Crippen molar-refractivity contribution < 1.29 is 0 Å². The van der Waals surface area contributed by atoms with Gasteiger partial charge in [0.25, 0.3) is 0 Å². The molecular formula is C10H16ClN. The molecule has 1 heterocycles. The zero-order valence-corrected chi connectivity index (χ0v) is 8.11. The van der Waals surface area contributed by atoms with Gasteiger partial charge in [-0.15, -0.1) is 11.6 Å². The topological polar surface area (TPSA) is 12.0 Å². The monoisotopic (exact) mass is 185 g/mol. The van der Waals surface area contributed by atoms with Crippen LogP contribution < -0.4 is 5.32 Å². The van der Waals surface area contributed by atoms with Gasteiger partial charge in [0, 0.05) is 0 Å². The lowest BCUT2D eigenvalue weighted by Gasteiger charge is -2.40. The summed E-state index contributed by atoms with van der Waals surface area (Å²) in [4.78, 5) is 0. The molecule has 1 aliphatic carbocycles. The maximum Gasteiger partial charge on any atom is 0.0859 e. The van der Waals surface area contributed by atoms with Gasteiger partial charge in [0.2, 0.25) is 0 Å². The molecule has 1 aliphatic heterocycles. The quantitative estimate of drug-likeness (QED) is 0.348. The third kappa shape index (κ3) is 1.53. The van der Waals surface area contributed by atoms with Crippen LogP contribution in [0.2, 0.25) is 0 Å². The Morgan fingerprint density at radius 3 is 3.08 bits per heavy atom. The normalized spacial score (nSPS) is 42.4. The Hall–Kier alpha value is -0.0100. The first-order valence-electron chi connectivity index (χ1n) is 4.81. The van der Waals surface area contributed by atoms with Gasteiger partial charge < -0.3 is 5.32 Å². The smallest absolute Gasteiger partial charge is 0.0859 e. The fourth-order valence-electron chi connectivity index (χ4n) is 2.46. The Kier molecular flexibility index (Phi) is 2.42. The number of rotatable bonds is 0. The van der Waals surface area contributed by atoms with E-state index in [-0.39, 0.29) is 5.50 Å². The van der Waals surface area contributed by atoms with Crippen LogP contribution >= 0.6 is 11.6 Å². The highest BCUT2D eigenvalue weighted by Crippen LogP contribution is 2.39. The van der Waals surface area contributed by atoms with Gasteiger partial charge in [-0.25, -0.2) is 0 Å². The fraction of sp³-hybridized carbons (Fsp3) is 0.800. The highest BCUT2D eigenvalue weighted by atomic mass is 35.5. The molecule has 2 aliphatic rings. The summed E-state index contributed by atoms with van der Waals surface area (Å²) >= 11 is 6.20. The van der Waals surface area contributed by atoms with Gasteiger partial charge in [-0.05, 0) is 44.1 Å². The Morgan fingerprint density at radius 1 is 1.42 bits per heavy atom. The lowest BCUT2D eigenvalue weighted by atomic mass is 9.74. The Balaban J connectivity index is 2.05. The molecule has 0 aromatic rings. The van der Waals surface area contributed by atoms with Crippen LogP contribution in [-0.4, -0.2) is 12.0 Å². The van der Waals surface area contributed by atoms with Gasteiger partial charge >= 0.3 is 0 Å². The van der Waals surface area contributed by atoms with E-state index in [0.717, 1.165) is 18.9 Å². The summed E-state index contributed by atoms with van der Waals surface area (Å²) in [6.07, 6.45) is 4.99. The molecule has 0 aromatic heterocycles. The second-order valence-corrected chi connectivity index (χ2v) is 4.53. The molecule has 2 heteroatoms. The van der Waals surface area contributed by atoms with Crippen LogP contribution in [0.15, 0.2) is 12.2 Å². The summed E-state index contributed by atoms with van der Waals surface area (Å²) in [7, 11) is 0. The number of hydrogen-bond donors (Lipinski definition) is 1. The van der Waals surface area contributed by atoms with Gasteiger partial charge in [-0.2, -0.15) is 0 Å². The van der Waals surface area contributed by atoms with Crippen LogP contribution in [0, 0.1) is 11.8 Å². The molecule has 0 bridgehead atoms. The largest absolute Gasteiger partial charge is 0.301 e. The van der Waals surface area contributed by atoms with Crippen LogP contribution in [0.5, 0.6) is 0 Å². The van der Waals surface area contributed by atoms with Gasteiger partial charge in [0.05, 0.1) is 5.50 Å². The minimum atomic E-state index is 0.195. The number of halogens is 1. The van der Waals surface area contributed by atoms with Crippen molar-refractivity contribution in [3.8, 4) is 0 Å². The van der Waals surface area contributed by atoms with Crippen molar-refractivity contribution in [3.63, 3.8) is 0 Å². The van der Waals surface area contributed by atoms with Crippen LogP contribution in [0.4, 0.5) is 0 Å². The number of fused-ring (bicyclic) bond motifs is 1. The first kappa shape index (κ1) is 8.58. The standard InChI is InChI=1S/C10H16ClN/c1-7-2-3-8-4-5-12-10(11)9(8)6-7/h8-10,12H,1-6H2. The lowest BCUT2D eigenvalue weighted by Crippen LogP contribution is -2.44. The Morgan fingerprint density at radius 2 is 2.25 bits per heavy atom. The molecule has 2 fully saturated rings. The minimum absolute atomic E-state index is 0.195. The molecule has 1 saturated carbocycles. The van der Waals surface area contributed by atoms with Crippen LogP contribution in [0.25, 0.3) is 0 Å². The Labute approximate surface area is 79.2 Å². The van der Waals surface area contributed by atoms with Gasteiger partial charge in [-0.3, -0.25) is 0 Å². The van der Waals surface area contributed by atoms with Crippen LogP contribution in [-0.2, 0) is 0 Å². The third-order valence-corrected chi connectivity index (χ3v) is 3.71. The van der Waals surface area contributed by atoms with Gasteiger partial charge in [0.15, 0.2) is 0 Å². The molecule has 3 atom stereocenters. The first-order chi connectivity index (χ1) is 5.77. The van der Waals surface area contributed by atoms with Crippen molar-refractivity contribution in [2.45, 2.75) is 31.2 Å². The summed E-state index contributed by atoms with van der Waals surface area (Å²) in [6.45, 7) is 5.15. The molecule has 0 amide bonds. The minimum Gasteiger partial charge on any atom is -0.301 e. The van der Waals surface area contributed by atoms with Crippen LogP contribution in [0.1, 0.15) is 25.7 Å². The molecule has 0 aromatic carbocycles. The van der Waals surface area contributed by atoms with Crippen LogP contribution in [0.3, 0.4) is 0 Å². The van der Waals surface area contributed by atoms with Crippen molar-refractivity contribution in [1.29, 1.82) is 0 Å². The van der Waals surface area contributed by atoms with Crippen molar-refractivity contribution in [3.05, 3.63) is 12.2 Å². The molecule has 2 rings (SSSR count). The molecule has 3 unspecified atom stereocenters. The summed E-state index contributed by atoms with van der Waals surface area (Å²) in [5.41, 5.74) is 1.59. The highest BCUT2D eigenvalue weighted by molar-refractivity contribution is 6.20. The summed E-state index contributed by atoms with van der Waals surface area (Å²) in [6, 6.07) is 0. The number of allylic oxidation sites excluding steroid dienone is 1. The van der Waals surface area contributed by atoms with E-state index in [2.05, 4.69) is 11.9 Å². The van der Waals surface area contributed by atoms with E-state index in [4.69, 9.17) is 11.6 Å². The first-order valence-corrected chi connectivity index (χ1v) is 5.25. The summed E-state index contributed by atoms with van der Waals surface area (Å²) < 4.78 is 0. The predicted molar refractivity (Wildman–Crippen MR) is 52.2 cm³/mol. The molecule has 68 valence electrons. The zero-order valence-electron chi connectivity index (χ0n) is 7.35. The highest BCUT2D eigenvalue weighted by Gasteiger charge is 2.34. The molecule has 1 N–H and O–H groups in total. The average Bonchev–Trinajstić information content (AvgIpc) is 2.07. The van der Waals surface area contributed by atoms with Crippen molar-refractivity contribution >= 4 is 11.6 Å². The number of hydrogen-bond acceptors (Lipinski definition) is 1. The van der Waals surface area contributed by atoms with E-state index in [1.165, 1.54) is 24.8 Å². The number of alkyl halides is 1. The van der Waals surface area contributed by atoms with E-state index >= 15 is 0 Å². The van der Waals surface area contributed by atoms with E-state index in [1.54, 1.807) is 0 Å². The van der Waals surface area contributed by atoms with E-state index < -0.39 is 0 Å². The molecule has 0 radical (unpaired) electrons. The maximum absolute atomic E-state index is 6.20. The fourth-order valence-corrected chi connectivity index (χ4v) is 2.87. The molecule has 12 heavy (non-hydrogen) atoms. The van der Waals surface area contributed by atoms with Crippen molar-refractivity contribution in [1.82, 2.24) is 5.32 Å². The third-order valence-electron chi connectivity index (χ3n) is 3.23. The van der Waals surface area contributed by atoms with E-state index in [0.29, 0.717) is 5.92 Å². The summed E-state index contributed by atoms with van der Waals surface area (Å²) in [5, 5.41) is 3.33. The second-order valence-electron chi connectivity index (χ2n) is 4.06.